The van der Waals surface area contributed by atoms with Crippen LogP contribution in [-0.4, -0.2) is 11.0 Å². The van der Waals surface area contributed by atoms with Gasteiger partial charge in [0.1, 0.15) is 0 Å². The highest BCUT2D eigenvalue weighted by atomic mass is 79.9. The molecule has 0 fully saturated rings. The molecule has 1 N–H and O–H groups in total. The molecular weight excluding hydrogens is 296 g/mol. The molecular formula is C13H19BrN2O2. The summed E-state index contributed by atoms with van der Waals surface area (Å²) in [6.07, 6.45) is 2.20. The number of hydrogen-bond donors (Lipinski definition) is 1. The van der Waals surface area contributed by atoms with Crippen LogP contribution in [0.3, 0.4) is 0 Å². The molecule has 1 unspecified atom stereocenters. The van der Waals surface area contributed by atoms with Crippen LogP contribution in [-0.2, 0) is 0 Å². The third kappa shape index (κ3) is 4.64. The first-order chi connectivity index (χ1) is 8.40. The van der Waals surface area contributed by atoms with E-state index >= 15 is 0 Å². The van der Waals surface area contributed by atoms with Gasteiger partial charge < -0.3 is 5.32 Å². The van der Waals surface area contributed by atoms with Gasteiger partial charge in [-0.3, -0.25) is 10.1 Å². The molecule has 18 heavy (non-hydrogen) atoms. The van der Waals surface area contributed by atoms with Crippen molar-refractivity contribution in [1.29, 1.82) is 0 Å². The Hall–Kier alpha value is -1.10. The van der Waals surface area contributed by atoms with Gasteiger partial charge in [-0.25, -0.2) is 0 Å². The molecule has 1 atom stereocenters. The van der Waals surface area contributed by atoms with Crippen LogP contribution in [0, 0.1) is 16.0 Å². The van der Waals surface area contributed by atoms with Crippen LogP contribution in [0.1, 0.15) is 33.6 Å². The highest BCUT2D eigenvalue weighted by molar-refractivity contribution is 9.10. The van der Waals surface area contributed by atoms with Crippen LogP contribution >= 0.6 is 15.9 Å². The lowest BCUT2D eigenvalue weighted by Gasteiger charge is -2.16. The molecule has 0 spiro atoms. The van der Waals surface area contributed by atoms with Gasteiger partial charge in [0.15, 0.2) is 0 Å². The normalized spacial score (nSPS) is 12.5. The number of nitro groups is 1. The van der Waals surface area contributed by atoms with Crippen LogP contribution in [0.4, 0.5) is 11.4 Å². The highest BCUT2D eigenvalue weighted by Gasteiger charge is 2.13. The molecule has 5 heteroatoms. The highest BCUT2D eigenvalue weighted by Crippen LogP contribution is 2.28. The van der Waals surface area contributed by atoms with E-state index in [0.717, 1.165) is 18.5 Å². The summed E-state index contributed by atoms with van der Waals surface area (Å²) in [5.41, 5.74) is 0.886. The summed E-state index contributed by atoms with van der Waals surface area (Å²) in [5.74, 6) is 0.675. The number of nitrogens with zero attached hydrogens (tertiary/aromatic N) is 1. The average molecular weight is 315 g/mol. The van der Waals surface area contributed by atoms with Gasteiger partial charge in [-0.05, 0) is 53.7 Å². The SMILES string of the molecule is CC(C)CCC(C)Nc1ccc(Br)c([N+](=O)[O-])c1. The molecule has 100 valence electrons. The van der Waals surface area contributed by atoms with Crippen molar-refractivity contribution in [1.82, 2.24) is 0 Å². The van der Waals surface area contributed by atoms with Gasteiger partial charge in [0.25, 0.3) is 5.69 Å². The Balaban J connectivity index is 2.67. The van der Waals surface area contributed by atoms with E-state index in [1.165, 1.54) is 0 Å². The fraction of sp³-hybridized carbons (Fsp3) is 0.538. The fourth-order valence-corrected chi connectivity index (χ4v) is 2.07. The molecule has 0 radical (unpaired) electrons. The third-order valence-electron chi connectivity index (χ3n) is 2.73. The number of benzene rings is 1. The summed E-state index contributed by atoms with van der Waals surface area (Å²) >= 11 is 3.18. The van der Waals surface area contributed by atoms with Crippen LogP contribution < -0.4 is 5.32 Å². The maximum Gasteiger partial charge on any atom is 0.285 e. The second kappa shape index (κ2) is 6.73. The fourth-order valence-electron chi connectivity index (χ4n) is 1.68. The van der Waals surface area contributed by atoms with Gasteiger partial charge in [-0.2, -0.15) is 0 Å². The quantitative estimate of drug-likeness (QED) is 0.617. The first-order valence-corrected chi connectivity index (χ1v) is 6.90. The monoisotopic (exact) mass is 314 g/mol. The van der Waals surface area contributed by atoms with Crippen molar-refractivity contribution in [2.24, 2.45) is 5.92 Å². The molecule has 0 amide bonds. The largest absolute Gasteiger partial charge is 0.382 e. The minimum absolute atomic E-state index is 0.0936. The molecule has 1 aromatic carbocycles. The summed E-state index contributed by atoms with van der Waals surface area (Å²) in [7, 11) is 0. The minimum Gasteiger partial charge on any atom is -0.382 e. The van der Waals surface area contributed by atoms with Gasteiger partial charge >= 0.3 is 0 Å². The van der Waals surface area contributed by atoms with Crippen LogP contribution in [0.15, 0.2) is 22.7 Å². The Labute approximate surface area is 116 Å². The molecule has 4 nitrogen and oxygen atoms in total. The Bertz CT molecular complexity index is 421. The van der Waals surface area contributed by atoms with E-state index in [0.29, 0.717) is 16.4 Å². The van der Waals surface area contributed by atoms with E-state index < -0.39 is 0 Å². The summed E-state index contributed by atoms with van der Waals surface area (Å²) in [6, 6.07) is 5.43. The van der Waals surface area contributed by atoms with Gasteiger partial charge in [-0.15, -0.1) is 0 Å². The van der Waals surface area contributed by atoms with E-state index in [-0.39, 0.29) is 10.6 Å². The summed E-state index contributed by atoms with van der Waals surface area (Å²) in [4.78, 5) is 10.4. The second-order valence-electron chi connectivity index (χ2n) is 4.94. The lowest BCUT2D eigenvalue weighted by molar-refractivity contribution is -0.385. The second-order valence-corrected chi connectivity index (χ2v) is 5.79. The van der Waals surface area contributed by atoms with Crippen molar-refractivity contribution in [2.75, 3.05) is 5.32 Å². The Kier molecular flexibility index (Phi) is 5.59. The van der Waals surface area contributed by atoms with Crippen LogP contribution in [0.5, 0.6) is 0 Å². The van der Waals surface area contributed by atoms with Crippen molar-refractivity contribution in [3.63, 3.8) is 0 Å². The maximum absolute atomic E-state index is 10.8. The number of anilines is 1. The van der Waals surface area contributed by atoms with Crippen LogP contribution in [0.2, 0.25) is 0 Å². The van der Waals surface area contributed by atoms with E-state index in [2.05, 4.69) is 42.0 Å². The van der Waals surface area contributed by atoms with Gasteiger partial charge in [0, 0.05) is 17.8 Å². The van der Waals surface area contributed by atoms with Gasteiger partial charge in [-0.1, -0.05) is 13.8 Å². The van der Waals surface area contributed by atoms with E-state index in [1.807, 2.05) is 6.07 Å². The van der Waals surface area contributed by atoms with Crippen molar-refractivity contribution in [3.8, 4) is 0 Å². The molecule has 1 rings (SSSR count). The maximum atomic E-state index is 10.8. The minimum atomic E-state index is -0.381. The van der Waals surface area contributed by atoms with Crippen molar-refractivity contribution in [2.45, 2.75) is 39.7 Å². The van der Waals surface area contributed by atoms with E-state index in [4.69, 9.17) is 0 Å². The molecule has 0 aliphatic rings. The van der Waals surface area contributed by atoms with Crippen LogP contribution in [0.25, 0.3) is 0 Å². The smallest absolute Gasteiger partial charge is 0.285 e. The zero-order chi connectivity index (χ0) is 13.7. The number of halogens is 1. The molecule has 0 aromatic heterocycles. The standard InChI is InChI=1S/C13H19BrN2O2/c1-9(2)4-5-10(3)15-11-6-7-12(14)13(8-11)16(17)18/h6-10,15H,4-5H2,1-3H3. The number of hydrogen-bond acceptors (Lipinski definition) is 3. The van der Waals surface area contributed by atoms with Gasteiger partial charge in [0.05, 0.1) is 9.40 Å². The zero-order valence-corrected chi connectivity index (χ0v) is 12.5. The molecule has 0 aliphatic heterocycles. The number of nitro benzene ring substituents is 1. The lowest BCUT2D eigenvalue weighted by Crippen LogP contribution is -2.15. The predicted octanol–water partition coefficient (Wildman–Crippen LogP) is 4.59. The predicted molar refractivity (Wildman–Crippen MR) is 78.0 cm³/mol. The molecule has 0 aliphatic carbocycles. The average Bonchev–Trinajstić information content (AvgIpc) is 2.28. The molecule has 0 saturated heterocycles. The first-order valence-electron chi connectivity index (χ1n) is 6.10. The summed E-state index contributed by atoms with van der Waals surface area (Å²) < 4.78 is 0.507. The Morgan fingerprint density at radius 1 is 1.33 bits per heavy atom. The summed E-state index contributed by atoms with van der Waals surface area (Å²) in [6.45, 7) is 6.48. The number of rotatable bonds is 6. The van der Waals surface area contributed by atoms with E-state index in [1.54, 1.807) is 12.1 Å². The van der Waals surface area contributed by atoms with Crippen molar-refractivity contribution in [3.05, 3.63) is 32.8 Å². The summed E-state index contributed by atoms with van der Waals surface area (Å²) in [5, 5.41) is 14.1. The molecule has 0 saturated carbocycles. The first kappa shape index (κ1) is 15.0. The Morgan fingerprint density at radius 2 is 2.00 bits per heavy atom. The third-order valence-corrected chi connectivity index (χ3v) is 3.40. The Morgan fingerprint density at radius 3 is 2.56 bits per heavy atom. The van der Waals surface area contributed by atoms with Crippen molar-refractivity contribution >= 4 is 27.3 Å². The van der Waals surface area contributed by atoms with Crippen molar-refractivity contribution < 1.29 is 4.92 Å². The topological polar surface area (TPSA) is 55.2 Å². The molecule has 0 bridgehead atoms. The zero-order valence-electron chi connectivity index (χ0n) is 10.9. The van der Waals surface area contributed by atoms with E-state index in [9.17, 15) is 10.1 Å². The molecule has 0 heterocycles. The number of nitrogens with one attached hydrogen (secondary N) is 1. The molecule has 1 aromatic rings. The lowest BCUT2D eigenvalue weighted by atomic mass is 10.0. The van der Waals surface area contributed by atoms with Gasteiger partial charge in [0.2, 0.25) is 0 Å².